The summed E-state index contributed by atoms with van der Waals surface area (Å²) in [5.74, 6) is 0.481. The Bertz CT molecular complexity index is 195. The van der Waals surface area contributed by atoms with Crippen LogP contribution in [0, 0.1) is 5.92 Å². The summed E-state index contributed by atoms with van der Waals surface area (Å²) in [7, 11) is 1.46. The number of ether oxygens (including phenoxy) is 1. The summed E-state index contributed by atoms with van der Waals surface area (Å²) in [4.78, 5) is 11.5. The highest BCUT2D eigenvalue weighted by molar-refractivity contribution is 8.01. The van der Waals surface area contributed by atoms with E-state index in [2.05, 4.69) is 6.92 Å². The average Bonchev–Trinajstić information content (AvgIpc) is 2.97. The molecule has 2 unspecified atom stereocenters. The SMILES string of the molecule is COC(=O)C(SC(C)CCN)C1CC1. The van der Waals surface area contributed by atoms with E-state index in [1.54, 1.807) is 11.8 Å². The highest BCUT2D eigenvalue weighted by Gasteiger charge is 2.38. The summed E-state index contributed by atoms with van der Waals surface area (Å²) in [6.07, 6.45) is 3.30. The summed E-state index contributed by atoms with van der Waals surface area (Å²) >= 11 is 1.72. The maximum Gasteiger partial charge on any atom is 0.319 e. The van der Waals surface area contributed by atoms with E-state index in [9.17, 15) is 4.79 Å². The third kappa shape index (κ3) is 3.50. The van der Waals surface area contributed by atoms with Crippen molar-refractivity contribution in [3.05, 3.63) is 0 Å². The molecule has 4 heteroatoms. The van der Waals surface area contributed by atoms with Gasteiger partial charge in [-0.25, -0.2) is 0 Å². The molecule has 82 valence electrons. The molecule has 1 aliphatic rings. The molecule has 0 bridgehead atoms. The van der Waals surface area contributed by atoms with Crippen molar-refractivity contribution >= 4 is 17.7 Å². The minimum atomic E-state index is -0.0682. The fourth-order valence-corrected chi connectivity index (χ4v) is 2.90. The van der Waals surface area contributed by atoms with Crippen LogP contribution in [-0.4, -0.2) is 30.1 Å². The lowest BCUT2D eigenvalue weighted by Crippen LogP contribution is -2.24. The Kier molecular flexibility index (Phi) is 4.75. The molecular weight excluding hydrogens is 198 g/mol. The van der Waals surface area contributed by atoms with Crippen LogP contribution in [0.5, 0.6) is 0 Å². The van der Waals surface area contributed by atoms with Crippen LogP contribution in [-0.2, 0) is 9.53 Å². The normalized spacial score (nSPS) is 20.2. The predicted octanol–water partition coefficient (Wildman–Crippen LogP) is 1.41. The summed E-state index contributed by atoms with van der Waals surface area (Å²) in [5, 5.41) is 0.492. The third-order valence-electron chi connectivity index (χ3n) is 2.44. The van der Waals surface area contributed by atoms with Crippen molar-refractivity contribution in [1.82, 2.24) is 0 Å². The molecular formula is C10H19NO2S. The topological polar surface area (TPSA) is 52.3 Å². The lowest BCUT2D eigenvalue weighted by Gasteiger charge is -2.17. The molecule has 0 heterocycles. The van der Waals surface area contributed by atoms with Crippen molar-refractivity contribution in [3.63, 3.8) is 0 Å². The van der Waals surface area contributed by atoms with E-state index in [0.29, 0.717) is 17.7 Å². The van der Waals surface area contributed by atoms with Gasteiger partial charge in [0.15, 0.2) is 0 Å². The fourth-order valence-electron chi connectivity index (χ4n) is 1.43. The average molecular weight is 217 g/mol. The Morgan fingerprint density at radius 1 is 1.64 bits per heavy atom. The number of carbonyl (C=O) groups is 1. The zero-order valence-electron chi connectivity index (χ0n) is 8.86. The van der Waals surface area contributed by atoms with E-state index >= 15 is 0 Å². The Hall–Kier alpha value is -0.220. The molecule has 0 aliphatic heterocycles. The molecule has 2 N–H and O–H groups in total. The van der Waals surface area contributed by atoms with Crippen molar-refractivity contribution < 1.29 is 9.53 Å². The number of methoxy groups -OCH3 is 1. The van der Waals surface area contributed by atoms with Gasteiger partial charge in [0.05, 0.1) is 7.11 Å². The molecule has 0 saturated heterocycles. The van der Waals surface area contributed by atoms with Gasteiger partial charge >= 0.3 is 5.97 Å². The van der Waals surface area contributed by atoms with Crippen molar-refractivity contribution in [1.29, 1.82) is 0 Å². The minimum Gasteiger partial charge on any atom is -0.468 e. The van der Waals surface area contributed by atoms with Crippen molar-refractivity contribution in [2.45, 2.75) is 36.7 Å². The lowest BCUT2D eigenvalue weighted by molar-refractivity contribution is -0.140. The smallest absolute Gasteiger partial charge is 0.319 e. The number of rotatable bonds is 6. The number of thioether (sulfide) groups is 1. The predicted molar refractivity (Wildman–Crippen MR) is 59.3 cm³/mol. The second kappa shape index (κ2) is 5.61. The van der Waals surface area contributed by atoms with Crippen LogP contribution in [0.1, 0.15) is 26.2 Å². The van der Waals surface area contributed by atoms with E-state index in [4.69, 9.17) is 10.5 Å². The monoisotopic (exact) mass is 217 g/mol. The number of hydrogen-bond acceptors (Lipinski definition) is 4. The Morgan fingerprint density at radius 2 is 2.29 bits per heavy atom. The molecule has 14 heavy (non-hydrogen) atoms. The van der Waals surface area contributed by atoms with Gasteiger partial charge in [0.2, 0.25) is 0 Å². The molecule has 0 aromatic rings. The van der Waals surface area contributed by atoms with Crippen LogP contribution in [0.4, 0.5) is 0 Å². The van der Waals surface area contributed by atoms with Crippen LogP contribution >= 0.6 is 11.8 Å². The summed E-state index contributed by atoms with van der Waals surface area (Å²) in [6, 6.07) is 0. The quantitative estimate of drug-likeness (QED) is 0.683. The maximum absolute atomic E-state index is 11.5. The number of carbonyl (C=O) groups excluding carboxylic acids is 1. The molecule has 0 amide bonds. The Labute approximate surface area is 89.8 Å². The Balaban J connectivity index is 2.38. The van der Waals surface area contributed by atoms with E-state index in [1.165, 1.54) is 20.0 Å². The van der Waals surface area contributed by atoms with E-state index < -0.39 is 0 Å². The van der Waals surface area contributed by atoms with Crippen LogP contribution in [0.15, 0.2) is 0 Å². The highest BCUT2D eigenvalue weighted by Crippen LogP contribution is 2.41. The van der Waals surface area contributed by atoms with Crippen molar-refractivity contribution in [2.24, 2.45) is 11.7 Å². The number of esters is 1. The molecule has 0 aromatic carbocycles. The summed E-state index contributed by atoms with van der Waals surface area (Å²) in [6.45, 7) is 2.81. The van der Waals surface area contributed by atoms with Gasteiger partial charge in [0, 0.05) is 5.25 Å². The maximum atomic E-state index is 11.5. The highest BCUT2D eigenvalue weighted by atomic mass is 32.2. The van der Waals surface area contributed by atoms with Crippen molar-refractivity contribution in [2.75, 3.05) is 13.7 Å². The standard InChI is InChI=1S/C10H19NO2S/c1-7(5-6-11)14-9(8-3-4-8)10(12)13-2/h7-9H,3-6,11H2,1-2H3. The minimum absolute atomic E-state index is 0.0431. The largest absolute Gasteiger partial charge is 0.468 e. The molecule has 1 fully saturated rings. The van der Waals surface area contributed by atoms with Crippen LogP contribution in [0.25, 0.3) is 0 Å². The van der Waals surface area contributed by atoms with E-state index in [-0.39, 0.29) is 11.2 Å². The fraction of sp³-hybridized carbons (Fsp3) is 0.900. The van der Waals surface area contributed by atoms with E-state index in [0.717, 1.165) is 6.42 Å². The number of nitrogens with two attached hydrogens (primary N) is 1. The molecule has 1 rings (SSSR count). The van der Waals surface area contributed by atoms with Gasteiger partial charge in [-0.1, -0.05) is 6.92 Å². The van der Waals surface area contributed by atoms with Crippen LogP contribution in [0.3, 0.4) is 0 Å². The molecule has 1 saturated carbocycles. The van der Waals surface area contributed by atoms with Gasteiger partial charge in [-0.05, 0) is 31.7 Å². The van der Waals surface area contributed by atoms with Crippen molar-refractivity contribution in [3.8, 4) is 0 Å². The van der Waals surface area contributed by atoms with E-state index in [1.807, 2.05) is 0 Å². The second-order valence-corrected chi connectivity index (χ2v) is 5.39. The third-order valence-corrected chi connectivity index (χ3v) is 4.01. The first-order valence-corrected chi connectivity index (χ1v) is 6.06. The molecule has 3 nitrogen and oxygen atoms in total. The molecule has 0 radical (unpaired) electrons. The molecule has 0 aromatic heterocycles. The lowest BCUT2D eigenvalue weighted by atomic mass is 10.3. The zero-order chi connectivity index (χ0) is 10.6. The van der Waals surface area contributed by atoms with Gasteiger partial charge in [0.1, 0.15) is 5.25 Å². The van der Waals surface area contributed by atoms with Gasteiger partial charge in [0.25, 0.3) is 0 Å². The van der Waals surface area contributed by atoms with Crippen LogP contribution in [0.2, 0.25) is 0 Å². The van der Waals surface area contributed by atoms with Gasteiger partial charge in [-0.3, -0.25) is 4.79 Å². The first-order valence-electron chi connectivity index (χ1n) is 5.12. The summed E-state index contributed by atoms with van der Waals surface area (Å²) < 4.78 is 4.80. The number of hydrogen-bond donors (Lipinski definition) is 1. The first kappa shape index (κ1) is 11.9. The second-order valence-electron chi connectivity index (χ2n) is 3.81. The molecule has 2 atom stereocenters. The molecule has 1 aliphatic carbocycles. The Morgan fingerprint density at radius 3 is 2.71 bits per heavy atom. The van der Waals surface area contributed by atoms with Gasteiger partial charge in [-0.2, -0.15) is 0 Å². The molecule has 0 spiro atoms. The first-order chi connectivity index (χ1) is 6.69. The zero-order valence-corrected chi connectivity index (χ0v) is 9.68. The summed E-state index contributed by atoms with van der Waals surface area (Å²) in [5.41, 5.74) is 5.48. The van der Waals surface area contributed by atoms with Crippen LogP contribution < -0.4 is 5.73 Å². The van der Waals surface area contributed by atoms with Gasteiger partial charge < -0.3 is 10.5 Å². The van der Waals surface area contributed by atoms with Gasteiger partial charge in [-0.15, -0.1) is 11.8 Å².